The number of benzene rings is 2. The van der Waals surface area contributed by atoms with Gasteiger partial charge in [-0.1, -0.05) is 22.0 Å². The van der Waals surface area contributed by atoms with Gasteiger partial charge in [0.15, 0.2) is 12.4 Å². The van der Waals surface area contributed by atoms with E-state index in [-0.39, 0.29) is 5.78 Å². The van der Waals surface area contributed by atoms with E-state index in [1.165, 1.54) is 42.5 Å². The molecule has 0 fully saturated rings. The summed E-state index contributed by atoms with van der Waals surface area (Å²) in [6.45, 7) is -0.448. The van der Waals surface area contributed by atoms with Crippen molar-refractivity contribution in [2.24, 2.45) is 0 Å². The molecule has 118 valence electrons. The van der Waals surface area contributed by atoms with Crippen molar-refractivity contribution < 1.29 is 23.8 Å². The van der Waals surface area contributed by atoms with Crippen LogP contribution in [0, 0.1) is 5.82 Å². The molecule has 0 amide bonds. The van der Waals surface area contributed by atoms with Crippen LogP contribution in [0.2, 0.25) is 0 Å². The lowest BCUT2D eigenvalue weighted by Crippen LogP contribution is -2.09. The highest BCUT2D eigenvalue weighted by Crippen LogP contribution is 2.17. The number of aliphatic carboxylic acids is 1. The fourth-order valence-electron chi connectivity index (χ4n) is 1.76. The van der Waals surface area contributed by atoms with E-state index in [9.17, 15) is 14.0 Å². The van der Waals surface area contributed by atoms with Gasteiger partial charge in [-0.15, -0.1) is 0 Å². The number of carbonyl (C=O) groups is 2. The van der Waals surface area contributed by atoms with Crippen LogP contribution in [0.3, 0.4) is 0 Å². The number of carbonyl (C=O) groups excluding carboxylic acids is 1. The van der Waals surface area contributed by atoms with Gasteiger partial charge in [-0.05, 0) is 48.6 Å². The van der Waals surface area contributed by atoms with E-state index >= 15 is 0 Å². The number of carboxylic acids is 1. The first-order chi connectivity index (χ1) is 11.0. The number of ketones is 1. The molecule has 0 unspecified atom stereocenters. The molecule has 0 aliphatic rings. The molecule has 0 bridgehead atoms. The Morgan fingerprint density at radius 2 is 1.87 bits per heavy atom. The van der Waals surface area contributed by atoms with Crippen molar-refractivity contribution in [3.05, 3.63) is 70.0 Å². The Bertz CT molecular complexity index is 754. The molecule has 0 saturated carbocycles. The second-order valence-corrected chi connectivity index (χ2v) is 5.49. The predicted molar refractivity (Wildman–Crippen MR) is 87.0 cm³/mol. The SMILES string of the molecule is O=C(O)COc1ccc(C(=O)C=Cc2ccc(Br)cc2F)cc1. The molecule has 23 heavy (non-hydrogen) atoms. The topological polar surface area (TPSA) is 63.6 Å². The molecule has 0 aliphatic heterocycles. The van der Waals surface area contributed by atoms with Crippen LogP contribution in [0.4, 0.5) is 4.39 Å². The van der Waals surface area contributed by atoms with Gasteiger partial charge in [-0.2, -0.15) is 0 Å². The molecule has 0 atom stereocenters. The summed E-state index contributed by atoms with van der Waals surface area (Å²) in [5, 5.41) is 8.51. The molecule has 2 aromatic rings. The lowest BCUT2D eigenvalue weighted by Gasteiger charge is -2.03. The zero-order chi connectivity index (χ0) is 16.8. The van der Waals surface area contributed by atoms with E-state index < -0.39 is 18.4 Å². The number of halogens is 2. The molecule has 0 radical (unpaired) electrons. The van der Waals surface area contributed by atoms with Gasteiger partial charge in [-0.25, -0.2) is 9.18 Å². The van der Waals surface area contributed by atoms with Gasteiger partial charge in [0.05, 0.1) is 0 Å². The zero-order valence-corrected chi connectivity index (χ0v) is 13.4. The maximum atomic E-state index is 13.6. The number of rotatable bonds is 6. The van der Waals surface area contributed by atoms with Gasteiger partial charge in [0.2, 0.25) is 0 Å². The highest BCUT2D eigenvalue weighted by atomic mass is 79.9. The summed E-state index contributed by atoms with van der Waals surface area (Å²) in [6.07, 6.45) is 2.68. The lowest BCUT2D eigenvalue weighted by molar-refractivity contribution is -0.139. The number of ether oxygens (including phenoxy) is 1. The molecule has 2 rings (SSSR count). The van der Waals surface area contributed by atoms with E-state index in [0.29, 0.717) is 21.3 Å². The highest BCUT2D eigenvalue weighted by Gasteiger charge is 2.05. The van der Waals surface area contributed by atoms with Crippen molar-refractivity contribution >= 4 is 33.8 Å². The second-order valence-electron chi connectivity index (χ2n) is 4.57. The Labute approximate surface area is 140 Å². The Morgan fingerprint density at radius 3 is 2.48 bits per heavy atom. The predicted octanol–water partition coefficient (Wildman–Crippen LogP) is 3.95. The van der Waals surface area contributed by atoms with Crippen LogP contribution >= 0.6 is 15.9 Å². The van der Waals surface area contributed by atoms with Crippen LogP contribution in [0.5, 0.6) is 5.75 Å². The van der Waals surface area contributed by atoms with Crippen molar-refractivity contribution in [2.45, 2.75) is 0 Å². The first-order valence-electron chi connectivity index (χ1n) is 6.58. The monoisotopic (exact) mass is 378 g/mol. The molecule has 0 aromatic heterocycles. The summed E-state index contributed by atoms with van der Waals surface area (Å²) < 4.78 is 19.2. The Balaban J connectivity index is 2.05. The van der Waals surface area contributed by atoms with Gasteiger partial charge in [0.1, 0.15) is 11.6 Å². The molecule has 0 saturated heterocycles. The summed E-state index contributed by atoms with van der Waals surface area (Å²) in [5.74, 6) is -1.45. The van der Waals surface area contributed by atoms with Crippen LogP contribution in [0.1, 0.15) is 15.9 Å². The third kappa shape index (κ3) is 5.03. The maximum absolute atomic E-state index is 13.6. The van der Waals surface area contributed by atoms with E-state index in [4.69, 9.17) is 9.84 Å². The normalized spacial score (nSPS) is 10.7. The standard InChI is InChI=1S/C17H12BrFO4/c18-13-5-1-11(15(19)9-13)4-8-16(20)12-2-6-14(7-3-12)23-10-17(21)22/h1-9H,10H2,(H,21,22). The smallest absolute Gasteiger partial charge is 0.341 e. The average Bonchev–Trinajstić information content (AvgIpc) is 2.52. The Kier molecular flexibility index (Phi) is 5.65. The number of carboxylic acid groups (broad SMARTS) is 1. The molecule has 0 spiro atoms. The van der Waals surface area contributed by atoms with Gasteiger partial charge >= 0.3 is 5.97 Å². The van der Waals surface area contributed by atoms with Gasteiger partial charge < -0.3 is 9.84 Å². The summed E-state index contributed by atoms with van der Waals surface area (Å²) in [5.41, 5.74) is 0.699. The minimum atomic E-state index is -1.08. The third-order valence-corrected chi connectivity index (χ3v) is 3.37. The fourth-order valence-corrected chi connectivity index (χ4v) is 2.09. The van der Waals surface area contributed by atoms with E-state index in [1.54, 1.807) is 12.1 Å². The lowest BCUT2D eigenvalue weighted by atomic mass is 10.1. The second kappa shape index (κ2) is 7.69. The van der Waals surface area contributed by atoms with Crippen molar-refractivity contribution in [1.82, 2.24) is 0 Å². The zero-order valence-electron chi connectivity index (χ0n) is 11.8. The minimum Gasteiger partial charge on any atom is -0.482 e. The number of hydrogen-bond acceptors (Lipinski definition) is 3. The summed E-state index contributed by atoms with van der Waals surface area (Å²) in [6, 6.07) is 10.6. The van der Waals surface area contributed by atoms with E-state index in [1.807, 2.05) is 0 Å². The van der Waals surface area contributed by atoms with Crippen LogP contribution in [0.25, 0.3) is 6.08 Å². The quantitative estimate of drug-likeness (QED) is 0.610. The minimum absolute atomic E-state index is 0.294. The molecule has 4 nitrogen and oxygen atoms in total. The van der Waals surface area contributed by atoms with Crippen molar-refractivity contribution in [3.8, 4) is 5.75 Å². The first kappa shape index (κ1) is 16.9. The molecule has 0 aliphatic carbocycles. The maximum Gasteiger partial charge on any atom is 0.341 e. The van der Waals surface area contributed by atoms with Gasteiger partial charge in [-0.3, -0.25) is 4.79 Å². The Morgan fingerprint density at radius 1 is 1.17 bits per heavy atom. The van der Waals surface area contributed by atoms with Gasteiger partial charge in [0.25, 0.3) is 0 Å². The summed E-state index contributed by atoms with van der Waals surface area (Å²) >= 11 is 3.16. The Hall–Kier alpha value is -2.47. The van der Waals surface area contributed by atoms with Crippen LogP contribution in [-0.2, 0) is 4.79 Å². The molecule has 0 heterocycles. The summed E-state index contributed by atoms with van der Waals surface area (Å²) in [4.78, 5) is 22.4. The van der Waals surface area contributed by atoms with Crippen molar-refractivity contribution in [1.29, 1.82) is 0 Å². The van der Waals surface area contributed by atoms with E-state index in [0.717, 1.165) is 0 Å². The third-order valence-electron chi connectivity index (χ3n) is 2.88. The highest BCUT2D eigenvalue weighted by molar-refractivity contribution is 9.10. The van der Waals surface area contributed by atoms with Crippen molar-refractivity contribution in [3.63, 3.8) is 0 Å². The van der Waals surface area contributed by atoms with Gasteiger partial charge in [0, 0.05) is 15.6 Å². The number of hydrogen-bond donors (Lipinski definition) is 1. The van der Waals surface area contributed by atoms with Crippen LogP contribution in [0.15, 0.2) is 53.0 Å². The molecule has 1 N–H and O–H groups in total. The van der Waals surface area contributed by atoms with Crippen LogP contribution in [-0.4, -0.2) is 23.5 Å². The first-order valence-corrected chi connectivity index (χ1v) is 7.37. The largest absolute Gasteiger partial charge is 0.482 e. The van der Waals surface area contributed by atoms with Crippen LogP contribution < -0.4 is 4.74 Å². The number of allylic oxidation sites excluding steroid dienone is 1. The summed E-state index contributed by atoms with van der Waals surface area (Å²) in [7, 11) is 0. The molecule has 2 aromatic carbocycles. The molecule has 6 heteroatoms. The van der Waals surface area contributed by atoms with E-state index in [2.05, 4.69) is 15.9 Å². The average molecular weight is 379 g/mol. The fraction of sp³-hybridized carbons (Fsp3) is 0.0588. The van der Waals surface area contributed by atoms with Crippen molar-refractivity contribution in [2.75, 3.05) is 6.61 Å². The molecular formula is C17H12BrFO4. The molecular weight excluding hydrogens is 367 g/mol.